The van der Waals surface area contributed by atoms with Crippen molar-refractivity contribution in [2.24, 2.45) is 0 Å². The van der Waals surface area contributed by atoms with E-state index in [4.69, 9.17) is 4.74 Å². The van der Waals surface area contributed by atoms with E-state index in [1.54, 1.807) is 0 Å². The number of ether oxygens (including phenoxy) is 1. The van der Waals surface area contributed by atoms with Gasteiger partial charge in [-0.25, -0.2) is 9.78 Å². The van der Waals surface area contributed by atoms with Crippen LogP contribution in [0.25, 0.3) is 0 Å². The number of aryl methyl sites for hydroxylation is 2. The fourth-order valence-corrected chi connectivity index (χ4v) is 4.88. The number of hydrogen-bond donors (Lipinski definition) is 0. The summed E-state index contributed by atoms with van der Waals surface area (Å²) in [7, 11) is 0. The Morgan fingerprint density at radius 2 is 1.74 bits per heavy atom. The van der Waals surface area contributed by atoms with E-state index < -0.39 is 0 Å². The van der Waals surface area contributed by atoms with E-state index >= 15 is 0 Å². The van der Waals surface area contributed by atoms with E-state index in [-0.39, 0.29) is 17.5 Å². The van der Waals surface area contributed by atoms with Crippen molar-refractivity contribution in [2.45, 2.75) is 32.2 Å². The number of rotatable bonds is 4. The lowest BCUT2D eigenvalue weighted by molar-refractivity contribution is 0.0746. The number of anilines is 1. The molecule has 1 saturated carbocycles. The lowest BCUT2D eigenvalue weighted by Crippen LogP contribution is -2.49. The van der Waals surface area contributed by atoms with Crippen LogP contribution in [0.1, 0.15) is 39.9 Å². The van der Waals surface area contributed by atoms with E-state index in [0.717, 1.165) is 42.9 Å². The molecule has 0 unspecified atom stereocenters. The average Bonchev–Trinajstić information content (AvgIpc) is 3.47. The second-order valence-corrected chi connectivity index (χ2v) is 8.81. The van der Waals surface area contributed by atoms with Crippen LogP contribution < -0.4 is 4.90 Å². The molecule has 1 aromatic heterocycles. The van der Waals surface area contributed by atoms with E-state index in [1.807, 2.05) is 47.2 Å². The standard InChI is InChI=1S/C24H28N4O3/c1-17-15-18(2)21(25-16-17)26-9-11-27(12-10-26)22(29)19-3-5-20(6-4-19)24(7-8-24)28-13-14-31-23(28)30/h3-6,15-16H,7-14H2,1-2H3. The number of hydrogen-bond acceptors (Lipinski definition) is 5. The van der Waals surface area contributed by atoms with Crippen LogP contribution >= 0.6 is 0 Å². The summed E-state index contributed by atoms with van der Waals surface area (Å²) in [5.74, 6) is 1.07. The van der Waals surface area contributed by atoms with Crippen LogP contribution in [0, 0.1) is 13.8 Å². The van der Waals surface area contributed by atoms with Crippen molar-refractivity contribution in [2.75, 3.05) is 44.2 Å². The number of carbonyl (C=O) groups excluding carboxylic acids is 2. The van der Waals surface area contributed by atoms with Gasteiger partial charge in [0.1, 0.15) is 12.4 Å². The molecule has 0 bridgehead atoms. The van der Waals surface area contributed by atoms with E-state index in [2.05, 4.69) is 22.9 Å². The molecule has 2 aliphatic heterocycles. The Kier molecular flexibility index (Phi) is 4.84. The number of benzene rings is 1. The summed E-state index contributed by atoms with van der Waals surface area (Å²) in [5, 5.41) is 0. The highest BCUT2D eigenvalue weighted by Gasteiger charge is 2.53. The van der Waals surface area contributed by atoms with Gasteiger partial charge in [-0.1, -0.05) is 18.2 Å². The van der Waals surface area contributed by atoms with Crippen LogP contribution in [0.3, 0.4) is 0 Å². The molecule has 7 nitrogen and oxygen atoms in total. The second-order valence-electron chi connectivity index (χ2n) is 8.81. The molecule has 3 heterocycles. The summed E-state index contributed by atoms with van der Waals surface area (Å²) in [6.45, 7) is 8.15. The van der Waals surface area contributed by atoms with Gasteiger partial charge in [0.25, 0.3) is 5.91 Å². The lowest BCUT2D eigenvalue weighted by atomic mass is 10.0. The van der Waals surface area contributed by atoms with Crippen molar-refractivity contribution in [3.8, 4) is 0 Å². The lowest BCUT2D eigenvalue weighted by Gasteiger charge is -2.36. The topological polar surface area (TPSA) is 66.0 Å². The second kappa shape index (κ2) is 7.55. The molecule has 162 valence electrons. The van der Waals surface area contributed by atoms with Gasteiger partial charge in [-0.05, 0) is 55.5 Å². The van der Waals surface area contributed by atoms with Gasteiger partial charge >= 0.3 is 6.09 Å². The van der Waals surface area contributed by atoms with Crippen LogP contribution in [0.15, 0.2) is 36.5 Å². The Morgan fingerprint density at radius 3 is 2.32 bits per heavy atom. The maximum absolute atomic E-state index is 13.0. The zero-order chi connectivity index (χ0) is 21.6. The number of pyridine rings is 1. The molecule has 1 aliphatic carbocycles. The molecule has 3 aliphatic rings. The fourth-order valence-electron chi connectivity index (χ4n) is 4.88. The molecule has 2 aromatic rings. The third-order valence-corrected chi connectivity index (χ3v) is 6.72. The van der Waals surface area contributed by atoms with Gasteiger partial charge in [0, 0.05) is 37.9 Å². The number of nitrogens with zero attached hydrogens (tertiary/aromatic N) is 4. The molecule has 2 amide bonds. The number of cyclic esters (lactones) is 1. The minimum atomic E-state index is -0.236. The minimum Gasteiger partial charge on any atom is -0.448 e. The Labute approximate surface area is 182 Å². The Balaban J connectivity index is 1.24. The summed E-state index contributed by atoms with van der Waals surface area (Å²) >= 11 is 0. The first-order chi connectivity index (χ1) is 15.0. The summed E-state index contributed by atoms with van der Waals surface area (Å²) in [6, 6.07) is 9.95. The van der Waals surface area contributed by atoms with Gasteiger partial charge in [0.2, 0.25) is 0 Å². The van der Waals surface area contributed by atoms with Gasteiger partial charge in [0.05, 0.1) is 12.1 Å². The molecule has 31 heavy (non-hydrogen) atoms. The number of aromatic nitrogens is 1. The zero-order valence-corrected chi connectivity index (χ0v) is 18.1. The molecule has 0 radical (unpaired) electrons. The van der Waals surface area contributed by atoms with Gasteiger partial charge < -0.3 is 14.5 Å². The largest absolute Gasteiger partial charge is 0.448 e. The Bertz CT molecular complexity index is 1010. The SMILES string of the molecule is Cc1cnc(N2CCN(C(=O)c3ccc(C4(N5CCOC5=O)CC4)cc3)CC2)c(C)c1. The number of piperazine rings is 1. The Morgan fingerprint density at radius 1 is 1.03 bits per heavy atom. The van der Waals surface area contributed by atoms with Crippen molar-refractivity contribution < 1.29 is 14.3 Å². The third-order valence-electron chi connectivity index (χ3n) is 6.72. The van der Waals surface area contributed by atoms with Crippen LogP contribution in [-0.2, 0) is 10.3 Å². The number of amides is 2. The van der Waals surface area contributed by atoms with E-state index in [9.17, 15) is 9.59 Å². The highest BCUT2D eigenvalue weighted by molar-refractivity contribution is 5.94. The molecule has 7 heteroatoms. The van der Waals surface area contributed by atoms with Crippen LogP contribution in [-0.4, -0.2) is 66.1 Å². The minimum absolute atomic E-state index is 0.0604. The maximum atomic E-state index is 13.0. The van der Waals surface area contributed by atoms with Crippen molar-refractivity contribution >= 4 is 17.8 Å². The van der Waals surface area contributed by atoms with Crippen molar-refractivity contribution in [3.05, 3.63) is 58.8 Å². The van der Waals surface area contributed by atoms with Crippen LogP contribution in [0.4, 0.5) is 10.6 Å². The molecule has 5 rings (SSSR count). The maximum Gasteiger partial charge on any atom is 0.410 e. The predicted molar refractivity (Wildman–Crippen MR) is 117 cm³/mol. The molecule has 0 spiro atoms. The van der Waals surface area contributed by atoms with Gasteiger partial charge in [-0.2, -0.15) is 0 Å². The first-order valence-electron chi connectivity index (χ1n) is 11.0. The molecular weight excluding hydrogens is 392 g/mol. The highest BCUT2D eigenvalue weighted by Crippen LogP contribution is 2.52. The van der Waals surface area contributed by atoms with Gasteiger partial charge in [-0.3, -0.25) is 9.69 Å². The van der Waals surface area contributed by atoms with E-state index in [0.29, 0.717) is 31.8 Å². The summed E-state index contributed by atoms with van der Waals surface area (Å²) in [4.78, 5) is 35.7. The summed E-state index contributed by atoms with van der Waals surface area (Å²) in [5.41, 5.74) is 3.88. The molecule has 1 aromatic carbocycles. The molecular formula is C24H28N4O3. The summed E-state index contributed by atoms with van der Waals surface area (Å²) < 4.78 is 5.13. The fraction of sp³-hybridized carbons (Fsp3) is 0.458. The van der Waals surface area contributed by atoms with Crippen molar-refractivity contribution in [3.63, 3.8) is 0 Å². The highest BCUT2D eigenvalue weighted by atomic mass is 16.6. The van der Waals surface area contributed by atoms with Gasteiger partial charge in [-0.15, -0.1) is 0 Å². The molecule has 2 saturated heterocycles. The molecule has 0 atom stereocenters. The van der Waals surface area contributed by atoms with E-state index in [1.165, 1.54) is 5.56 Å². The van der Waals surface area contributed by atoms with Crippen LogP contribution in [0.5, 0.6) is 0 Å². The molecule has 0 N–H and O–H groups in total. The quantitative estimate of drug-likeness (QED) is 0.761. The van der Waals surface area contributed by atoms with Gasteiger partial charge in [0.15, 0.2) is 0 Å². The van der Waals surface area contributed by atoms with Crippen molar-refractivity contribution in [1.29, 1.82) is 0 Å². The van der Waals surface area contributed by atoms with Crippen molar-refractivity contribution in [1.82, 2.24) is 14.8 Å². The smallest absolute Gasteiger partial charge is 0.410 e. The average molecular weight is 421 g/mol. The first kappa shape index (κ1) is 19.8. The molecule has 3 fully saturated rings. The third kappa shape index (κ3) is 3.52. The monoisotopic (exact) mass is 420 g/mol. The Hall–Kier alpha value is -3.09. The first-order valence-corrected chi connectivity index (χ1v) is 11.0. The predicted octanol–water partition coefficient (Wildman–Crippen LogP) is 3.10. The zero-order valence-electron chi connectivity index (χ0n) is 18.1. The normalized spacial score (nSPS) is 20.1. The van der Waals surface area contributed by atoms with Crippen LogP contribution in [0.2, 0.25) is 0 Å². The summed E-state index contributed by atoms with van der Waals surface area (Å²) in [6.07, 6.45) is 3.57. The number of carbonyl (C=O) groups is 2.